The standard InChI is InChI=1S/C33H40O20/c1-9-19(38)22(41)25(44)32(48-9)52-28-10(2)49-31(27(46)24(28)43)47-8-17-20(39)23(42)26(45)33(51-17)53-30-21(40)18-15(37)6-12(34)7-16(18)50-29(30)11-3-4-13(35)14(36)5-11/h3-7,9-10,17,19-20,22-28,31-39,41-46H,8H2,1-2H3/t9?,10?,17?,19-,20+,22-,23?,24+,25?,26?,27?,28-,31+,32-,33-/m0/s1. The summed E-state index contributed by atoms with van der Waals surface area (Å²) in [5.41, 5.74) is -1.44. The maximum absolute atomic E-state index is 13.7. The van der Waals surface area contributed by atoms with Crippen LogP contribution in [0.3, 0.4) is 0 Å². The molecule has 20 heteroatoms. The zero-order valence-corrected chi connectivity index (χ0v) is 27.9. The van der Waals surface area contributed by atoms with Gasteiger partial charge in [0.05, 0.1) is 18.8 Å². The van der Waals surface area contributed by atoms with E-state index in [4.69, 9.17) is 32.8 Å². The second kappa shape index (κ2) is 15.1. The fraction of sp³-hybridized carbons (Fsp3) is 0.545. The van der Waals surface area contributed by atoms with Crippen LogP contribution in [-0.4, -0.2) is 160 Å². The van der Waals surface area contributed by atoms with Crippen molar-refractivity contribution in [2.75, 3.05) is 6.61 Å². The third kappa shape index (κ3) is 7.34. The molecule has 12 N–H and O–H groups in total. The van der Waals surface area contributed by atoms with Crippen LogP contribution < -0.4 is 10.2 Å². The van der Waals surface area contributed by atoms with Gasteiger partial charge in [-0.2, -0.15) is 0 Å². The largest absolute Gasteiger partial charge is 0.508 e. The molecule has 0 bridgehead atoms. The summed E-state index contributed by atoms with van der Waals surface area (Å²) in [6, 6.07) is 5.16. The summed E-state index contributed by atoms with van der Waals surface area (Å²) in [5.74, 6) is -3.50. The Balaban J connectivity index is 1.20. The molecular formula is C33H40O20. The van der Waals surface area contributed by atoms with Gasteiger partial charge in [-0.1, -0.05) is 0 Å². The average Bonchev–Trinajstić information content (AvgIpc) is 3.11. The number of aliphatic hydroxyl groups is 8. The Labute approximate surface area is 298 Å². The fourth-order valence-corrected chi connectivity index (χ4v) is 6.30. The molecule has 1 aromatic heterocycles. The molecule has 292 valence electrons. The van der Waals surface area contributed by atoms with E-state index in [0.29, 0.717) is 0 Å². The van der Waals surface area contributed by atoms with E-state index in [0.717, 1.165) is 24.3 Å². The Morgan fingerprint density at radius 3 is 1.98 bits per heavy atom. The number of aromatic hydroxyl groups is 4. The zero-order chi connectivity index (χ0) is 38.6. The number of phenols is 4. The van der Waals surface area contributed by atoms with Crippen molar-refractivity contribution >= 4 is 11.0 Å². The molecule has 7 unspecified atom stereocenters. The van der Waals surface area contributed by atoms with Crippen LogP contribution in [-0.2, 0) is 23.7 Å². The third-order valence-electron chi connectivity index (χ3n) is 9.36. The van der Waals surface area contributed by atoms with Crippen molar-refractivity contribution in [3.8, 4) is 40.1 Å². The van der Waals surface area contributed by atoms with Crippen LogP contribution in [0.25, 0.3) is 22.3 Å². The molecule has 0 spiro atoms. The van der Waals surface area contributed by atoms with Gasteiger partial charge in [0, 0.05) is 17.7 Å². The Morgan fingerprint density at radius 1 is 0.642 bits per heavy atom. The summed E-state index contributed by atoms with van der Waals surface area (Å²) in [4.78, 5) is 13.7. The highest BCUT2D eigenvalue weighted by molar-refractivity contribution is 5.88. The molecule has 53 heavy (non-hydrogen) atoms. The van der Waals surface area contributed by atoms with E-state index in [2.05, 4.69) is 0 Å². The van der Waals surface area contributed by atoms with Crippen molar-refractivity contribution in [2.24, 2.45) is 0 Å². The van der Waals surface area contributed by atoms with Crippen LogP contribution >= 0.6 is 0 Å². The number of fused-ring (bicyclic) bond motifs is 1. The number of hydrogen-bond donors (Lipinski definition) is 12. The van der Waals surface area contributed by atoms with E-state index in [1.807, 2.05) is 0 Å². The first-order chi connectivity index (χ1) is 25.0. The first kappa shape index (κ1) is 38.8. The number of benzene rings is 2. The van der Waals surface area contributed by atoms with Crippen LogP contribution in [0.15, 0.2) is 39.5 Å². The van der Waals surface area contributed by atoms with Gasteiger partial charge in [0.2, 0.25) is 17.5 Å². The SMILES string of the molecule is CC1O[C@@H](O[C@H]2C(C)O[C@@H](OCC3O[C@@H](Oc4c(-c5ccc(O)c(O)c5)oc5cc(O)cc(O)c5c4=O)C(O)C(O)[C@@H]3O)C(O)[C@H]2O)C(O)[C@@H](O)[C@H]1O. The molecule has 6 rings (SSSR count). The van der Waals surface area contributed by atoms with Gasteiger partial charge in [0.1, 0.15) is 83.5 Å². The predicted octanol–water partition coefficient (Wildman–Crippen LogP) is -2.84. The average molecular weight is 757 g/mol. The number of aliphatic hydroxyl groups excluding tert-OH is 8. The molecule has 4 heterocycles. The molecule has 3 saturated heterocycles. The number of phenolic OH excluding ortho intramolecular Hbond substituents is 4. The van der Waals surface area contributed by atoms with Gasteiger partial charge in [-0.05, 0) is 32.0 Å². The van der Waals surface area contributed by atoms with Crippen molar-refractivity contribution in [3.05, 3.63) is 40.6 Å². The fourth-order valence-electron chi connectivity index (χ4n) is 6.30. The molecular weight excluding hydrogens is 716 g/mol. The molecule has 3 fully saturated rings. The first-order valence-electron chi connectivity index (χ1n) is 16.4. The summed E-state index contributed by atoms with van der Waals surface area (Å²) < 4.78 is 39.5. The summed E-state index contributed by atoms with van der Waals surface area (Å²) >= 11 is 0. The Hall–Kier alpha value is -3.87. The molecule has 0 saturated carbocycles. The van der Waals surface area contributed by atoms with Crippen LogP contribution in [0.2, 0.25) is 0 Å². The van der Waals surface area contributed by atoms with Crippen LogP contribution in [0.1, 0.15) is 13.8 Å². The lowest BCUT2D eigenvalue weighted by atomic mass is 9.97. The lowest BCUT2D eigenvalue weighted by Crippen LogP contribution is -2.63. The minimum absolute atomic E-state index is 0.0610. The van der Waals surface area contributed by atoms with Crippen molar-refractivity contribution in [2.45, 2.75) is 106 Å². The van der Waals surface area contributed by atoms with Gasteiger partial charge in [-0.3, -0.25) is 4.79 Å². The van der Waals surface area contributed by atoms with Crippen LogP contribution in [0.4, 0.5) is 0 Å². The predicted molar refractivity (Wildman–Crippen MR) is 171 cm³/mol. The van der Waals surface area contributed by atoms with E-state index < -0.39 is 144 Å². The van der Waals surface area contributed by atoms with E-state index >= 15 is 0 Å². The Morgan fingerprint density at radius 2 is 1.28 bits per heavy atom. The molecule has 20 nitrogen and oxygen atoms in total. The lowest BCUT2D eigenvalue weighted by Gasteiger charge is -2.46. The van der Waals surface area contributed by atoms with Crippen molar-refractivity contribution in [1.29, 1.82) is 0 Å². The van der Waals surface area contributed by atoms with E-state index in [9.17, 15) is 66.1 Å². The van der Waals surface area contributed by atoms with Gasteiger partial charge in [-0.25, -0.2) is 0 Å². The summed E-state index contributed by atoms with van der Waals surface area (Å²) in [5, 5.41) is 124. The number of rotatable bonds is 8. The maximum Gasteiger partial charge on any atom is 0.239 e. The molecule has 0 aliphatic carbocycles. The number of ether oxygens (including phenoxy) is 6. The molecule has 0 amide bonds. The van der Waals surface area contributed by atoms with Gasteiger partial charge in [0.25, 0.3) is 0 Å². The van der Waals surface area contributed by atoms with E-state index in [1.54, 1.807) is 0 Å². The Bertz CT molecular complexity index is 1830. The summed E-state index contributed by atoms with van der Waals surface area (Å²) in [6.07, 6.45) is -24.2. The minimum atomic E-state index is -2.03. The maximum atomic E-state index is 13.7. The smallest absolute Gasteiger partial charge is 0.239 e. The van der Waals surface area contributed by atoms with Crippen molar-refractivity contribution in [3.63, 3.8) is 0 Å². The highest BCUT2D eigenvalue weighted by Crippen LogP contribution is 2.40. The van der Waals surface area contributed by atoms with Gasteiger partial charge in [0.15, 0.2) is 29.8 Å². The molecule has 0 radical (unpaired) electrons. The molecule has 2 aromatic carbocycles. The van der Waals surface area contributed by atoms with Crippen molar-refractivity contribution < 1.29 is 94.1 Å². The molecule has 3 aliphatic rings. The first-order valence-corrected chi connectivity index (χ1v) is 16.4. The van der Waals surface area contributed by atoms with Gasteiger partial charge < -0.3 is 94.1 Å². The van der Waals surface area contributed by atoms with Crippen LogP contribution in [0.5, 0.6) is 28.7 Å². The minimum Gasteiger partial charge on any atom is -0.508 e. The van der Waals surface area contributed by atoms with Gasteiger partial charge >= 0.3 is 0 Å². The molecule has 15 atom stereocenters. The highest BCUT2D eigenvalue weighted by atomic mass is 16.7. The Kier molecular flexibility index (Phi) is 11.1. The summed E-state index contributed by atoms with van der Waals surface area (Å²) in [7, 11) is 0. The summed E-state index contributed by atoms with van der Waals surface area (Å²) in [6.45, 7) is 2.16. The lowest BCUT2D eigenvalue weighted by molar-refractivity contribution is -0.357. The van der Waals surface area contributed by atoms with Gasteiger partial charge in [-0.15, -0.1) is 0 Å². The van der Waals surface area contributed by atoms with E-state index in [1.165, 1.54) is 19.9 Å². The number of hydrogen-bond acceptors (Lipinski definition) is 20. The zero-order valence-electron chi connectivity index (χ0n) is 27.9. The second-order valence-corrected chi connectivity index (χ2v) is 13.1. The normalized spacial score (nSPS) is 37.8. The van der Waals surface area contributed by atoms with Crippen molar-refractivity contribution in [1.82, 2.24) is 0 Å². The molecule has 3 aliphatic heterocycles. The highest BCUT2D eigenvalue weighted by Gasteiger charge is 2.51. The second-order valence-electron chi connectivity index (χ2n) is 13.1. The van der Waals surface area contributed by atoms with E-state index in [-0.39, 0.29) is 11.1 Å². The van der Waals surface area contributed by atoms with Crippen LogP contribution in [0, 0.1) is 0 Å². The quantitative estimate of drug-likeness (QED) is 0.103. The monoisotopic (exact) mass is 756 g/mol. The third-order valence-corrected chi connectivity index (χ3v) is 9.36. The topological polar surface area (TPSA) is 328 Å². The molecule has 3 aromatic rings.